The summed E-state index contributed by atoms with van der Waals surface area (Å²) < 4.78 is 27.8. The predicted molar refractivity (Wildman–Crippen MR) is 138 cm³/mol. The van der Waals surface area contributed by atoms with Crippen molar-refractivity contribution in [2.24, 2.45) is 0 Å². The van der Waals surface area contributed by atoms with Crippen molar-refractivity contribution in [2.45, 2.75) is 58.5 Å². The molecular weight excluding hydrogens is 474 g/mol. The Morgan fingerprint density at radius 3 is 2.46 bits per heavy atom. The van der Waals surface area contributed by atoms with Gasteiger partial charge in [-0.05, 0) is 69.9 Å². The zero-order valence-corrected chi connectivity index (χ0v) is 22.3. The SMILES string of the molecule is COc1ccc([C@@H]2CC(=O)C3=C(C2)NC(C)=C(C(=O)OCCOC(C)C)[C@@H]3c2ccc(C)o2)cc1OC. The highest BCUT2D eigenvalue weighted by atomic mass is 16.6. The molecule has 2 aromatic rings. The molecule has 0 spiro atoms. The number of methoxy groups -OCH3 is 2. The minimum absolute atomic E-state index is 0.0338. The van der Waals surface area contributed by atoms with Crippen molar-refractivity contribution in [1.82, 2.24) is 5.32 Å². The van der Waals surface area contributed by atoms with Gasteiger partial charge in [-0.2, -0.15) is 0 Å². The number of carbonyl (C=O) groups is 2. The lowest BCUT2D eigenvalue weighted by atomic mass is 9.73. The quantitative estimate of drug-likeness (QED) is 0.375. The fraction of sp³-hybridized carbons (Fsp3) is 0.448. The Morgan fingerprint density at radius 2 is 1.81 bits per heavy atom. The van der Waals surface area contributed by atoms with Crippen LogP contribution in [0.5, 0.6) is 11.5 Å². The third-order valence-corrected chi connectivity index (χ3v) is 6.74. The molecular formula is C29H35NO7. The van der Waals surface area contributed by atoms with E-state index >= 15 is 0 Å². The molecule has 37 heavy (non-hydrogen) atoms. The molecule has 0 fully saturated rings. The molecule has 0 amide bonds. The third kappa shape index (κ3) is 5.59. The predicted octanol–water partition coefficient (Wildman–Crippen LogP) is 4.94. The van der Waals surface area contributed by atoms with E-state index in [9.17, 15) is 9.59 Å². The van der Waals surface area contributed by atoms with Gasteiger partial charge >= 0.3 is 5.97 Å². The summed E-state index contributed by atoms with van der Waals surface area (Å²) in [5.74, 6) is 1.31. The molecule has 0 bridgehead atoms. The van der Waals surface area contributed by atoms with E-state index in [0.717, 1.165) is 11.3 Å². The minimum atomic E-state index is -0.637. The van der Waals surface area contributed by atoms with E-state index in [0.29, 0.717) is 59.3 Å². The molecule has 1 aliphatic heterocycles. The summed E-state index contributed by atoms with van der Waals surface area (Å²) in [6, 6.07) is 9.40. The van der Waals surface area contributed by atoms with Crippen LogP contribution in [0.1, 0.15) is 62.5 Å². The molecule has 0 saturated carbocycles. The van der Waals surface area contributed by atoms with Crippen LogP contribution in [0.3, 0.4) is 0 Å². The second-order valence-corrected chi connectivity index (χ2v) is 9.64. The average Bonchev–Trinajstić information content (AvgIpc) is 3.30. The van der Waals surface area contributed by atoms with E-state index < -0.39 is 11.9 Å². The van der Waals surface area contributed by atoms with Gasteiger partial charge in [0.1, 0.15) is 18.1 Å². The van der Waals surface area contributed by atoms with E-state index in [1.54, 1.807) is 14.2 Å². The summed E-state index contributed by atoms with van der Waals surface area (Å²) in [7, 11) is 3.19. The third-order valence-electron chi connectivity index (χ3n) is 6.74. The zero-order valence-electron chi connectivity index (χ0n) is 22.3. The van der Waals surface area contributed by atoms with Crippen LogP contribution in [0.15, 0.2) is 57.3 Å². The van der Waals surface area contributed by atoms with Crippen molar-refractivity contribution in [3.63, 3.8) is 0 Å². The fourth-order valence-corrected chi connectivity index (χ4v) is 5.04. The summed E-state index contributed by atoms with van der Waals surface area (Å²) >= 11 is 0. The second kappa shape index (κ2) is 11.3. The second-order valence-electron chi connectivity index (χ2n) is 9.64. The van der Waals surface area contributed by atoms with Gasteiger partial charge in [0.2, 0.25) is 0 Å². The van der Waals surface area contributed by atoms with E-state index in [2.05, 4.69) is 5.32 Å². The number of furan rings is 1. The first-order valence-corrected chi connectivity index (χ1v) is 12.5. The van der Waals surface area contributed by atoms with Gasteiger partial charge in [-0.1, -0.05) is 6.07 Å². The Hall–Kier alpha value is -3.52. The van der Waals surface area contributed by atoms with E-state index in [1.807, 2.05) is 58.0 Å². The maximum atomic E-state index is 13.7. The zero-order chi connectivity index (χ0) is 26.7. The van der Waals surface area contributed by atoms with Crippen molar-refractivity contribution in [2.75, 3.05) is 27.4 Å². The molecule has 8 nitrogen and oxygen atoms in total. The number of aryl methyl sites for hydroxylation is 1. The summed E-state index contributed by atoms with van der Waals surface area (Å²) in [4.78, 5) is 27.0. The number of Topliss-reactive ketones (excluding diaryl/α,β-unsaturated/α-hetero) is 1. The van der Waals surface area contributed by atoms with E-state index in [-0.39, 0.29) is 24.4 Å². The monoisotopic (exact) mass is 509 g/mol. The Balaban J connectivity index is 1.66. The maximum Gasteiger partial charge on any atom is 0.336 e. The van der Waals surface area contributed by atoms with Gasteiger partial charge in [0, 0.05) is 23.4 Å². The highest BCUT2D eigenvalue weighted by Crippen LogP contribution is 2.46. The van der Waals surface area contributed by atoms with Gasteiger partial charge in [-0.15, -0.1) is 0 Å². The molecule has 0 saturated heterocycles. The number of nitrogens with one attached hydrogen (secondary N) is 1. The van der Waals surface area contributed by atoms with Gasteiger partial charge in [0.15, 0.2) is 17.3 Å². The highest BCUT2D eigenvalue weighted by Gasteiger charge is 2.43. The van der Waals surface area contributed by atoms with Crippen LogP contribution >= 0.6 is 0 Å². The van der Waals surface area contributed by atoms with Crippen LogP contribution in [0, 0.1) is 6.92 Å². The summed E-state index contributed by atoms with van der Waals surface area (Å²) in [5.41, 5.74) is 3.37. The summed E-state index contributed by atoms with van der Waals surface area (Å²) in [5, 5.41) is 3.35. The molecule has 1 aromatic heterocycles. The summed E-state index contributed by atoms with van der Waals surface area (Å²) in [6.45, 7) is 7.94. The molecule has 0 radical (unpaired) electrons. The van der Waals surface area contributed by atoms with Gasteiger partial charge in [0.25, 0.3) is 0 Å². The Kier molecular flexibility index (Phi) is 8.07. The lowest BCUT2D eigenvalue weighted by molar-refractivity contribution is -0.141. The number of allylic oxidation sites excluding steroid dienone is 3. The van der Waals surface area contributed by atoms with Crippen LogP contribution in [0.4, 0.5) is 0 Å². The molecule has 198 valence electrons. The fourth-order valence-electron chi connectivity index (χ4n) is 5.04. The smallest absolute Gasteiger partial charge is 0.336 e. The molecule has 2 atom stereocenters. The average molecular weight is 510 g/mol. The molecule has 0 unspecified atom stereocenters. The van der Waals surface area contributed by atoms with E-state index in [4.69, 9.17) is 23.4 Å². The van der Waals surface area contributed by atoms with Crippen LogP contribution in [-0.4, -0.2) is 45.3 Å². The maximum absolute atomic E-state index is 13.7. The number of hydrogen-bond acceptors (Lipinski definition) is 8. The molecule has 1 aliphatic carbocycles. The lowest BCUT2D eigenvalue weighted by Crippen LogP contribution is -2.36. The number of dihydropyridines is 1. The summed E-state index contributed by atoms with van der Waals surface area (Å²) in [6.07, 6.45) is 0.950. The Bertz CT molecular complexity index is 1240. The molecule has 8 heteroatoms. The topological polar surface area (TPSA) is 96.2 Å². The number of hydrogen-bond donors (Lipinski definition) is 1. The Morgan fingerprint density at radius 1 is 1.05 bits per heavy atom. The minimum Gasteiger partial charge on any atom is -0.493 e. The van der Waals surface area contributed by atoms with Crippen molar-refractivity contribution >= 4 is 11.8 Å². The van der Waals surface area contributed by atoms with Crippen LogP contribution in [0.2, 0.25) is 0 Å². The van der Waals surface area contributed by atoms with Crippen LogP contribution < -0.4 is 14.8 Å². The molecule has 1 aromatic carbocycles. The number of esters is 1. The highest BCUT2D eigenvalue weighted by molar-refractivity contribution is 6.04. The molecule has 2 aliphatic rings. The number of ketones is 1. The van der Waals surface area contributed by atoms with Crippen LogP contribution in [-0.2, 0) is 19.1 Å². The van der Waals surface area contributed by atoms with Gasteiger partial charge < -0.3 is 28.7 Å². The van der Waals surface area contributed by atoms with Crippen molar-refractivity contribution in [1.29, 1.82) is 0 Å². The number of ether oxygens (including phenoxy) is 4. The van der Waals surface area contributed by atoms with Crippen molar-refractivity contribution < 1.29 is 33.0 Å². The lowest BCUT2D eigenvalue weighted by Gasteiger charge is -2.35. The molecule has 2 heterocycles. The van der Waals surface area contributed by atoms with Gasteiger partial charge in [-0.3, -0.25) is 4.79 Å². The number of carbonyl (C=O) groups excluding carboxylic acids is 2. The normalized spacial score (nSPS) is 19.6. The number of benzene rings is 1. The molecule has 1 N–H and O–H groups in total. The standard InChI is InChI=1S/C29H35NO7/c1-16(2)35-11-12-36-29(32)26-18(4)30-21-13-20(19-8-10-23(33-5)25(15-19)34-6)14-22(31)27(21)28(26)24-9-7-17(3)37-24/h7-10,15-16,20,28,30H,11-14H2,1-6H3/t20-,28-/m0/s1. The van der Waals surface area contributed by atoms with Crippen molar-refractivity contribution in [3.05, 3.63) is 70.0 Å². The van der Waals surface area contributed by atoms with E-state index in [1.165, 1.54) is 0 Å². The first-order chi connectivity index (χ1) is 17.7. The number of rotatable bonds is 9. The Labute approximate surface area is 217 Å². The van der Waals surface area contributed by atoms with Crippen LogP contribution in [0.25, 0.3) is 0 Å². The molecule has 4 rings (SSSR count). The van der Waals surface area contributed by atoms with Gasteiger partial charge in [0.05, 0.1) is 38.4 Å². The first-order valence-electron chi connectivity index (χ1n) is 12.5. The van der Waals surface area contributed by atoms with Crippen molar-refractivity contribution in [3.8, 4) is 11.5 Å². The largest absolute Gasteiger partial charge is 0.493 e. The van der Waals surface area contributed by atoms with Gasteiger partial charge in [-0.25, -0.2) is 4.79 Å². The first kappa shape index (κ1) is 26.5.